The first-order valence-corrected chi connectivity index (χ1v) is 7.71. The molecule has 0 radical (unpaired) electrons. The van der Waals surface area contributed by atoms with E-state index in [0.717, 1.165) is 5.56 Å². The molecule has 2 aromatic carbocycles. The lowest BCUT2D eigenvalue weighted by atomic mass is 9.89. The van der Waals surface area contributed by atoms with Crippen molar-refractivity contribution in [1.82, 2.24) is 5.32 Å². The maximum atomic E-state index is 13.3. The van der Waals surface area contributed by atoms with Crippen LogP contribution in [0, 0.1) is 5.82 Å². The van der Waals surface area contributed by atoms with Crippen molar-refractivity contribution in [3.8, 4) is 11.5 Å². The number of benzene rings is 2. The van der Waals surface area contributed by atoms with Gasteiger partial charge in [0.05, 0.1) is 13.0 Å². The van der Waals surface area contributed by atoms with Gasteiger partial charge in [-0.1, -0.05) is 12.1 Å². The summed E-state index contributed by atoms with van der Waals surface area (Å²) >= 11 is 0. The lowest BCUT2D eigenvalue weighted by Gasteiger charge is -2.25. The second-order valence-electron chi connectivity index (χ2n) is 5.76. The predicted molar refractivity (Wildman–Crippen MR) is 88.9 cm³/mol. The summed E-state index contributed by atoms with van der Waals surface area (Å²) in [7, 11) is 1.44. The van der Waals surface area contributed by atoms with Crippen molar-refractivity contribution >= 4 is 17.5 Å². The molecule has 0 aromatic heterocycles. The van der Waals surface area contributed by atoms with Gasteiger partial charge in [-0.2, -0.15) is 0 Å². The van der Waals surface area contributed by atoms with E-state index in [1.807, 2.05) is 0 Å². The molecule has 0 saturated carbocycles. The minimum absolute atomic E-state index is 0.00334. The summed E-state index contributed by atoms with van der Waals surface area (Å²) in [5.74, 6) is -1.49. The topological polar surface area (TPSA) is 87.7 Å². The third kappa shape index (κ3) is 3.55. The van der Waals surface area contributed by atoms with E-state index >= 15 is 0 Å². The molecule has 3 rings (SSSR count). The number of amides is 2. The number of methoxy groups -OCH3 is 1. The molecule has 0 aliphatic carbocycles. The first-order chi connectivity index (χ1) is 12.0. The predicted octanol–water partition coefficient (Wildman–Crippen LogP) is 2.28. The number of hydrogen-bond donors (Lipinski definition) is 3. The van der Waals surface area contributed by atoms with Gasteiger partial charge >= 0.3 is 0 Å². The number of fused-ring (bicyclic) bond motifs is 1. The van der Waals surface area contributed by atoms with Crippen LogP contribution in [0.4, 0.5) is 10.1 Å². The SMILES string of the molecule is COc1cc(CNC(=O)[C@@H]2CC(=O)Nc3cc(F)ccc32)ccc1O. The molecule has 1 atom stereocenters. The molecular weight excluding hydrogens is 327 g/mol. The maximum absolute atomic E-state index is 13.3. The average Bonchev–Trinajstić information content (AvgIpc) is 2.59. The zero-order chi connectivity index (χ0) is 18.0. The summed E-state index contributed by atoms with van der Waals surface area (Å²) in [6.07, 6.45) is 0.00334. The number of halogens is 1. The largest absolute Gasteiger partial charge is 0.504 e. The normalized spacial score (nSPS) is 15.9. The standard InChI is InChI=1S/C18H17FN2O4/c1-25-16-6-10(2-5-15(16)22)9-20-18(24)13-8-17(23)21-14-7-11(19)3-4-12(13)14/h2-7,13,22H,8-9H2,1H3,(H,20,24)(H,21,23)/t13-/m1/s1. The van der Waals surface area contributed by atoms with E-state index in [4.69, 9.17) is 4.74 Å². The van der Waals surface area contributed by atoms with Crippen LogP contribution >= 0.6 is 0 Å². The molecule has 2 aromatic rings. The second-order valence-corrected chi connectivity index (χ2v) is 5.76. The van der Waals surface area contributed by atoms with E-state index < -0.39 is 11.7 Å². The molecule has 1 aliphatic heterocycles. The molecular formula is C18H17FN2O4. The summed E-state index contributed by atoms with van der Waals surface area (Å²) in [5, 5.41) is 14.9. The molecule has 6 nitrogen and oxygen atoms in total. The Morgan fingerprint density at radius 1 is 1.36 bits per heavy atom. The number of anilines is 1. The van der Waals surface area contributed by atoms with Gasteiger partial charge in [0.25, 0.3) is 0 Å². The van der Waals surface area contributed by atoms with Crippen LogP contribution in [0.2, 0.25) is 0 Å². The molecule has 0 saturated heterocycles. The molecule has 7 heteroatoms. The summed E-state index contributed by atoms with van der Waals surface area (Å²) in [4.78, 5) is 24.3. The monoisotopic (exact) mass is 344 g/mol. The Hall–Kier alpha value is -3.09. The molecule has 1 aliphatic rings. The first kappa shape index (κ1) is 16.8. The zero-order valence-corrected chi connectivity index (χ0v) is 13.5. The third-order valence-corrected chi connectivity index (χ3v) is 4.08. The van der Waals surface area contributed by atoms with E-state index in [1.165, 1.54) is 31.4 Å². The fourth-order valence-electron chi connectivity index (χ4n) is 2.82. The van der Waals surface area contributed by atoms with Crippen LogP contribution in [0.3, 0.4) is 0 Å². The third-order valence-electron chi connectivity index (χ3n) is 4.08. The van der Waals surface area contributed by atoms with Crippen molar-refractivity contribution in [3.05, 3.63) is 53.3 Å². The van der Waals surface area contributed by atoms with Gasteiger partial charge in [0.2, 0.25) is 11.8 Å². The molecule has 0 unspecified atom stereocenters. The fourth-order valence-corrected chi connectivity index (χ4v) is 2.82. The molecule has 2 amide bonds. The maximum Gasteiger partial charge on any atom is 0.228 e. The van der Waals surface area contributed by atoms with Crippen molar-refractivity contribution in [2.75, 3.05) is 12.4 Å². The molecule has 3 N–H and O–H groups in total. The lowest BCUT2D eigenvalue weighted by molar-refractivity contribution is -0.126. The number of rotatable bonds is 4. The van der Waals surface area contributed by atoms with Gasteiger partial charge in [0.15, 0.2) is 11.5 Å². The van der Waals surface area contributed by atoms with Crippen LogP contribution in [-0.4, -0.2) is 24.0 Å². The van der Waals surface area contributed by atoms with Crippen LogP contribution in [-0.2, 0) is 16.1 Å². The molecule has 0 spiro atoms. The number of phenolic OH excluding ortho intramolecular Hbond substituents is 1. The molecule has 25 heavy (non-hydrogen) atoms. The van der Waals surface area contributed by atoms with Crippen molar-refractivity contribution in [2.24, 2.45) is 0 Å². The van der Waals surface area contributed by atoms with Gasteiger partial charge in [-0.05, 0) is 35.4 Å². The number of aromatic hydroxyl groups is 1. The fraction of sp³-hybridized carbons (Fsp3) is 0.222. The van der Waals surface area contributed by atoms with Crippen molar-refractivity contribution in [3.63, 3.8) is 0 Å². The smallest absolute Gasteiger partial charge is 0.228 e. The number of carbonyl (C=O) groups excluding carboxylic acids is 2. The summed E-state index contributed by atoms with van der Waals surface area (Å²) in [6.45, 7) is 0.212. The van der Waals surface area contributed by atoms with Crippen LogP contribution < -0.4 is 15.4 Å². The number of carbonyl (C=O) groups is 2. The van der Waals surface area contributed by atoms with Crippen molar-refractivity contribution < 1.29 is 23.8 Å². The Labute approximate surface area is 143 Å². The van der Waals surface area contributed by atoms with Gasteiger partial charge in [-0.25, -0.2) is 4.39 Å². The number of hydrogen-bond acceptors (Lipinski definition) is 4. The van der Waals surface area contributed by atoms with Gasteiger partial charge in [0, 0.05) is 18.7 Å². The van der Waals surface area contributed by atoms with E-state index in [-0.39, 0.29) is 30.5 Å². The highest BCUT2D eigenvalue weighted by Gasteiger charge is 2.30. The van der Waals surface area contributed by atoms with E-state index in [2.05, 4.69) is 10.6 Å². The van der Waals surface area contributed by atoms with Gasteiger partial charge in [0.1, 0.15) is 5.82 Å². The van der Waals surface area contributed by atoms with E-state index in [9.17, 15) is 19.1 Å². The van der Waals surface area contributed by atoms with E-state index in [1.54, 1.807) is 12.1 Å². The summed E-state index contributed by atoms with van der Waals surface area (Å²) < 4.78 is 18.4. The van der Waals surface area contributed by atoms with Crippen LogP contribution in [0.5, 0.6) is 11.5 Å². The Bertz CT molecular complexity index is 838. The molecule has 0 bridgehead atoms. The minimum atomic E-state index is -0.677. The van der Waals surface area contributed by atoms with Crippen LogP contribution in [0.1, 0.15) is 23.5 Å². The Kier molecular flexibility index (Phi) is 4.56. The zero-order valence-electron chi connectivity index (χ0n) is 13.5. The second kappa shape index (κ2) is 6.80. The number of nitrogens with one attached hydrogen (secondary N) is 2. The van der Waals surface area contributed by atoms with E-state index in [0.29, 0.717) is 17.0 Å². The number of ether oxygens (including phenoxy) is 1. The van der Waals surface area contributed by atoms with Gasteiger partial charge in [-0.15, -0.1) is 0 Å². The lowest BCUT2D eigenvalue weighted by Crippen LogP contribution is -2.34. The highest BCUT2D eigenvalue weighted by molar-refractivity contribution is 6.01. The Balaban J connectivity index is 1.75. The van der Waals surface area contributed by atoms with Crippen LogP contribution in [0.25, 0.3) is 0 Å². The minimum Gasteiger partial charge on any atom is -0.504 e. The van der Waals surface area contributed by atoms with Crippen LogP contribution in [0.15, 0.2) is 36.4 Å². The first-order valence-electron chi connectivity index (χ1n) is 7.71. The molecule has 0 fully saturated rings. The molecule has 130 valence electrons. The Morgan fingerprint density at radius 3 is 2.92 bits per heavy atom. The quantitative estimate of drug-likeness (QED) is 0.794. The van der Waals surface area contributed by atoms with Gasteiger partial charge in [-0.3, -0.25) is 9.59 Å². The summed E-state index contributed by atoms with van der Waals surface area (Å²) in [5.41, 5.74) is 1.65. The van der Waals surface area contributed by atoms with Crippen molar-refractivity contribution in [1.29, 1.82) is 0 Å². The molecule has 1 heterocycles. The highest BCUT2D eigenvalue weighted by atomic mass is 19.1. The Morgan fingerprint density at radius 2 is 2.16 bits per heavy atom. The number of phenols is 1. The van der Waals surface area contributed by atoms with Gasteiger partial charge < -0.3 is 20.5 Å². The van der Waals surface area contributed by atoms with Crippen molar-refractivity contribution in [2.45, 2.75) is 18.9 Å². The average molecular weight is 344 g/mol. The summed E-state index contributed by atoms with van der Waals surface area (Å²) in [6, 6.07) is 8.74. The highest BCUT2D eigenvalue weighted by Crippen LogP contribution is 2.33.